The minimum atomic E-state index is -0.337. The summed E-state index contributed by atoms with van der Waals surface area (Å²) in [5.74, 6) is -0.511. The van der Waals surface area contributed by atoms with Gasteiger partial charge in [-0.2, -0.15) is 0 Å². The summed E-state index contributed by atoms with van der Waals surface area (Å²) < 4.78 is 28.4. The Morgan fingerprint density at radius 2 is 1.82 bits per heavy atom. The van der Waals surface area contributed by atoms with Crippen LogP contribution >= 0.6 is 11.6 Å². The maximum absolute atomic E-state index is 13.8. The lowest BCUT2D eigenvalue weighted by Crippen LogP contribution is -2.01. The summed E-state index contributed by atoms with van der Waals surface area (Å²) in [6, 6.07) is 10.7. The average Bonchev–Trinajstić information content (AvgIpc) is 2.95. The van der Waals surface area contributed by atoms with Crippen molar-refractivity contribution in [3.05, 3.63) is 65.4 Å². The second-order valence-corrected chi connectivity index (χ2v) is 5.14. The van der Waals surface area contributed by atoms with Crippen LogP contribution in [0.4, 0.5) is 8.78 Å². The van der Waals surface area contributed by atoms with E-state index in [1.165, 1.54) is 22.9 Å². The summed E-state index contributed by atoms with van der Waals surface area (Å²) in [6.07, 6.45) is 0. The molecule has 1 aromatic heterocycles. The van der Waals surface area contributed by atoms with E-state index in [0.29, 0.717) is 28.2 Å². The van der Waals surface area contributed by atoms with Crippen molar-refractivity contribution < 1.29 is 8.78 Å². The van der Waals surface area contributed by atoms with Gasteiger partial charge >= 0.3 is 0 Å². The zero-order valence-electron chi connectivity index (χ0n) is 11.7. The van der Waals surface area contributed by atoms with E-state index >= 15 is 0 Å². The molecule has 0 amide bonds. The Bertz CT molecular complexity index is 813. The molecule has 0 N–H and O–H groups in total. The molecule has 0 saturated heterocycles. The van der Waals surface area contributed by atoms with Gasteiger partial charge in [0.2, 0.25) is 0 Å². The topological polar surface area (TPSA) is 30.7 Å². The highest BCUT2D eigenvalue weighted by atomic mass is 35.5. The fraction of sp³-hybridized carbons (Fsp3) is 0.125. The maximum atomic E-state index is 13.8. The lowest BCUT2D eigenvalue weighted by Gasteiger charge is -2.09. The third-order valence-corrected chi connectivity index (χ3v) is 3.64. The monoisotopic (exact) mass is 319 g/mol. The molecule has 3 aromatic rings. The minimum absolute atomic E-state index is 0.154. The Balaban J connectivity index is 2.18. The van der Waals surface area contributed by atoms with Gasteiger partial charge in [-0.15, -0.1) is 16.7 Å². The van der Waals surface area contributed by atoms with Crippen LogP contribution in [-0.2, 0) is 5.88 Å². The molecule has 3 nitrogen and oxygen atoms in total. The van der Waals surface area contributed by atoms with E-state index < -0.39 is 0 Å². The van der Waals surface area contributed by atoms with E-state index in [4.69, 9.17) is 11.6 Å². The number of aromatic nitrogens is 3. The highest BCUT2D eigenvalue weighted by molar-refractivity contribution is 6.17. The van der Waals surface area contributed by atoms with Crippen molar-refractivity contribution in [2.75, 3.05) is 0 Å². The van der Waals surface area contributed by atoms with Gasteiger partial charge in [0.1, 0.15) is 17.3 Å². The molecule has 112 valence electrons. The predicted molar refractivity (Wildman–Crippen MR) is 81.0 cm³/mol. The molecule has 0 fully saturated rings. The van der Waals surface area contributed by atoms with E-state index in [-0.39, 0.29) is 17.5 Å². The molecule has 0 saturated carbocycles. The number of aryl methyl sites for hydroxylation is 1. The van der Waals surface area contributed by atoms with Gasteiger partial charge in [-0.05, 0) is 48.9 Å². The number of hydrogen-bond donors (Lipinski definition) is 0. The van der Waals surface area contributed by atoms with E-state index in [1.54, 1.807) is 31.2 Å². The van der Waals surface area contributed by atoms with Crippen molar-refractivity contribution in [3.8, 4) is 16.9 Å². The number of rotatable bonds is 3. The maximum Gasteiger partial charge on any atom is 0.128 e. The van der Waals surface area contributed by atoms with E-state index in [2.05, 4.69) is 10.3 Å². The zero-order chi connectivity index (χ0) is 15.7. The second-order valence-electron chi connectivity index (χ2n) is 4.87. The van der Waals surface area contributed by atoms with Crippen molar-refractivity contribution in [1.82, 2.24) is 15.0 Å². The molecule has 0 radical (unpaired) electrons. The van der Waals surface area contributed by atoms with Crippen molar-refractivity contribution in [2.24, 2.45) is 0 Å². The van der Waals surface area contributed by atoms with Gasteiger partial charge in [-0.25, -0.2) is 13.5 Å². The Kier molecular flexibility index (Phi) is 3.90. The first-order chi connectivity index (χ1) is 10.6. The highest BCUT2D eigenvalue weighted by Crippen LogP contribution is 2.27. The fourth-order valence-corrected chi connectivity index (χ4v) is 2.37. The van der Waals surface area contributed by atoms with Crippen LogP contribution in [0.25, 0.3) is 16.9 Å². The number of hydrogen-bond acceptors (Lipinski definition) is 2. The molecule has 1 heterocycles. The molecule has 0 unspecified atom stereocenters. The quantitative estimate of drug-likeness (QED) is 0.675. The Morgan fingerprint density at radius 1 is 1.09 bits per heavy atom. The summed E-state index contributed by atoms with van der Waals surface area (Å²) in [4.78, 5) is 0. The van der Waals surface area contributed by atoms with Crippen LogP contribution in [-0.4, -0.2) is 15.0 Å². The van der Waals surface area contributed by atoms with Crippen LogP contribution in [0.15, 0.2) is 42.5 Å². The third kappa shape index (κ3) is 2.60. The van der Waals surface area contributed by atoms with Gasteiger partial charge in [0.05, 0.1) is 17.3 Å². The highest BCUT2D eigenvalue weighted by Gasteiger charge is 2.16. The SMILES string of the molecule is Cc1ccc(-n2nnc(CCl)c2-c2ccc(F)cc2)cc1F. The van der Waals surface area contributed by atoms with Gasteiger partial charge in [-0.3, -0.25) is 0 Å². The molecule has 0 aliphatic rings. The first-order valence-corrected chi connectivity index (χ1v) is 7.16. The summed E-state index contributed by atoms with van der Waals surface area (Å²) in [6.45, 7) is 1.69. The number of nitrogens with zero attached hydrogens (tertiary/aromatic N) is 3. The standard InChI is InChI=1S/C16H12ClF2N3/c1-10-2-7-13(8-14(10)19)22-16(15(9-17)20-21-22)11-3-5-12(18)6-4-11/h2-8H,9H2,1H3. The lowest BCUT2D eigenvalue weighted by molar-refractivity contribution is 0.615. The smallest absolute Gasteiger partial charge is 0.128 e. The first kappa shape index (κ1) is 14.7. The average molecular weight is 320 g/mol. The van der Waals surface area contributed by atoms with Crippen LogP contribution in [0.3, 0.4) is 0 Å². The number of halogens is 3. The number of alkyl halides is 1. The van der Waals surface area contributed by atoms with Gasteiger partial charge in [0.15, 0.2) is 0 Å². The minimum Gasteiger partial charge on any atom is -0.212 e. The molecule has 22 heavy (non-hydrogen) atoms. The van der Waals surface area contributed by atoms with Crippen molar-refractivity contribution in [2.45, 2.75) is 12.8 Å². The van der Waals surface area contributed by atoms with Crippen LogP contribution < -0.4 is 0 Å². The molecule has 0 aliphatic carbocycles. The lowest BCUT2D eigenvalue weighted by atomic mass is 10.1. The van der Waals surface area contributed by atoms with Crippen LogP contribution in [0.5, 0.6) is 0 Å². The van der Waals surface area contributed by atoms with Crippen LogP contribution in [0, 0.1) is 18.6 Å². The molecule has 0 bridgehead atoms. The molecule has 3 rings (SSSR count). The Hall–Kier alpha value is -2.27. The number of benzene rings is 2. The second kappa shape index (κ2) is 5.85. The summed E-state index contributed by atoms with van der Waals surface area (Å²) in [7, 11) is 0. The zero-order valence-corrected chi connectivity index (χ0v) is 12.5. The molecule has 0 atom stereocenters. The van der Waals surface area contributed by atoms with E-state index in [1.807, 2.05) is 0 Å². The molecule has 2 aromatic carbocycles. The Morgan fingerprint density at radius 3 is 2.45 bits per heavy atom. The summed E-state index contributed by atoms with van der Waals surface area (Å²) >= 11 is 5.91. The first-order valence-electron chi connectivity index (χ1n) is 6.63. The van der Waals surface area contributed by atoms with Crippen molar-refractivity contribution in [1.29, 1.82) is 0 Å². The van der Waals surface area contributed by atoms with Gasteiger partial charge in [-0.1, -0.05) is 11.3 Å². The predicted octanol–water partition coefficient (Wildman–Crippen LogP) is 4.26. The van der Waals surface area contributed by atoms with Crippen LogP contribution in [0.2, 0.25) is 0 Å². The molecule has 6 heteroatoms. The Labute approximate surface area is 131 Å². The largest absolute Gasteiger partial charge is 0.212 e. The normalized spacial score (nSPS) is 10.9. The molecule has 0 aliphatic heterocycles. The van der Waals surface area contributed by atoms with Gasteiger partial charge in [0, 0.05) is 5.56 Å². The fourth-order valence-electron chi connectivity index (χ4n) is 2.19. The van der Waals surface area contributed by atoms with E-state index in [0.717, 1.165) is 0 Å². The van der Waals surface area contributed by atoms with Crippen molar-refractivity contribution in [3.63, 3.8) is 0 Å². The molecule has 0 spiro atoms. The molecular weight excluding hydrogens is 308 g/mol. The van der Waals surface area contributed by atoms with Gasteiger partial charge < -0.3 is 0 Å². The van der Waals surface area contributed by atoms with Crippen molar-refractivity contribution >= 4 is 11.6 Å². The van der Waals surface area contributed by atoms with E-state index in [9.17, 15) is 8.78 Å². The third-order valence-electron chi connectivity index (χ3n) is 3.38. The summed E-state index contributed by atoms with van der Waals surface area (Å²) in [5, 5.41) is 8.08. The van der Waals surface area contributed by atoms with Crippen LogP contribution in [0.1, 0.15) is 11.3 Å². The molecular formula is C16H12ClF2N3. The summed E-state index contributed by atoms with van der Waals surface area (Å²) in [5.41, 5.74) is 2.96. The van der Waals surface area contributed by atoms with Gasteiger partial charge in [0.25, 0.3) is 0 Å².